The van der Waals surface area contributed by atoms with E-state index < -0.39 is 0 Å². The van der Waals surface area contributed by atoms with Gasteiger partial charge in [0.1, 0.15) is 11.7 Å². The average Bonchev–Trinajstić information content (AvgIpc) is 2.89. The number of alkyl halides is 1. The number of carbonyl (C=O) groups excluding carboxylic acids is 1. The van der Waals surface area contributed by atoms with E-state index in [0.717, 1.165) is 10.8 Å². The van der Waals surface area contributed by atoms with Gasteiger partial charge in [0.2, 0.25) is 5.91 Å². The van der Waals surface area contributed by atoms with Gasteiger partial charge in [0.15, 0.2) is 0 Å². The quantitative estimate of drug-likeness (QED) is 0.508. The highest BCUT2D eigenvalue weighted by molar-refractivity contribution is 14.1. The molecule has 3 rings (SSSR count). The summed E-state index contributed by atoms with van der Waals surface area (Å²) in [6.07, 6.45) is 3.62. The molecule has 1 amide bonds. The van der Waals surface area contributed by atoms with Gasteiger partial charge in [-0.1, -0.05) is 49.8 Å². The second kappa shape index (κ2) is 5.88. The number of hydroxylamine groups is 2. The summed E-state index contributed by atoms with van der Waals surface area (Å²) in [4.78, 5) is 21.4. The third-order valence-electron chi connectivity index (χ3n) is 6.28. The minimum Gasteiger partial charge on any atom is -0.323 e. The molecule has 0 aromatic heterocycles. The molecule has 126 valence electrons. The average molecular weight is 420 g/mol. The van der Waals surface area contributed by atoms with E-state index in [9.17, 15) is 4.79 Å². The molecule has 5 heteroatoms. The molecule has 4 nitrogen and oxygen atoms in total. The molecule has 2 saturated heterocycles. The minimum atomic E-state index is -0.234. The summed E-state index contributed by atoms with van der Waals surface area (Å²) in [7, 11) is 2.01. The summed E-state index contributed by atoms with van der Waals surface area (Å²) >= 11 is 2.40. The van der Waals surface area contributed by atoms with E-state index in [2.05, 4.69) is 55.3 Å². The van der Waals surface area contributed by atoms with Crippen molar-refractivity contribution in [3.05, 3.63) is 0 Å². The normalized spacial score (nSPS) is 46.0. The van der Waals surface area contributed by atoms with Crippen LogP contribution >= 0.6 is 22.6 Å². The van der Waals surface area contributed by atoms with E-state index in [1.165, 1.54) is 12.8 Å². The fourth-order valence-electron chi connectivity index (χ4n) is 5.08. The molecule has 0 N–H and O–H groups in total. The zero-order chi connectivity index (χ0) is 16.2. The van der Waals surface area contributed by atoms with E-state index in [-0.39, 0.29) is 23.7 Å². The number of halogens is 1. The predicted molar refractivity (Wildman–Crippen MR) is 95.4 cm³/mol. The number of hydrogen-bond donors (Lipinski definition) is 0. The van der Waals surface area contributed by atoms with Gasteiger partial charge in [-0.2, -0.15) is 5.06 Å². The molecule has 1 spiro atoms. The van der Waals surface area contributed by atoms with E-state index in [1.807, 2.05) is 11.9 Å². The Labute approximate surface area is 148 Å². The summed E-state index contributed by atoms with van der Waals surface area (Å²) in [5.74, 6) is 2.26. The Morgan fingerprint density at radius 3 is 2.64 bits per heavy atom. The summed E-state index contributed by atoms with van der Waals surface area (Å²) in [6, 6.07) is -0.0801. The standard InChI is InChI=1S/C17H29IN2O2/c1-10(2)14-7-6-11(3)8-17(14)19(5)16(21)15-13(9-18)12(4)22-20(15)17/h10-15H,6-9H2,1-5H3/t11-,12-,13+,14+,15+,17+/m1/s1. The summed E-state index contributed by atoms with van der Waals surface area (Å²) in [6.45, 7) is 9.03. The number of amides is 1. The van der Waals surface area contributed by atoms with Crippen LogP contribution in [0.1, 0.15) is 47.0 Å². The lowest BCUT2D eigenvalue weighted by Crippen LogP contribution is -2.61. The Bertz CT molecular complexity index is 458. The Morgan fingerprint density at radius 2 is 2.05 bits per heavy atom. The van der Waals surface area contributed by atoms with Crippen molar-refractivity contribution in [1.82, 2.24) is 9.96 Å². The molecule has 3 fully saturated rings. The Hall–Kier alpha value is 0.120. The third-order valence-corrected chi connectivity index (χ3v) is 7.30. The summed E-state index contributed by atoms with van der Waals surface area (Å²) in [5, 5.41) is 2.14. The first-order valence-electron chi connectivity index (χ1n) is 8.64. The monoisotopic (exact) mass is 420 g/mol. The van der Waals surface area contributed by atoms with Crippen LogP contribution in [0.2, 0.25) is 0 Å². The Kier molecular flexibility index (Phi) is 4.54. The van der Waals surface area contributed by atoms with Crippen LogP contribution < -0.4 is 0 Å². The van der Waals surface area contributed by atoms with Gasteiger partial charge in [0.05, 0.1) is 6.10 Å². The number of hydrogen-bond acceptors (Lipinski definition) is 3. The smallest absolute Gasteiger partial charge is 0.244 e. The highest BCUT2D eigenvalue weighted by Gasteiger charge is 2.66. The largest absolute Gasteiger partial charge is 0.323 e. The maximum atomic E-state index is 13.1. The molecule has 0 unspecified atom stereocenters. The molecule has 2 heterocycles. The molecule has 3 aliphatic rings. The van der Waals surface area contributed by atoms with Gasteiger partial charge < -0.3 is 4.90 Å². The van der Waals surface area contributed by atoms with E-state index >= 15 is 0 Å². The van der Waals surface area contributed by atoms with Crippen LogP contribution in [0.3, 0.4) is 0 Å². The zero-order valence-electron chi connectivity index (χ0n) is 14.4. The zero-order valence-corrected chi connectivity index (χ0v) is 16.5. The molecule has 6 atom stereocenters. The van der Waals surface area contributed by atoms with Gasteiger partial charge in [-0.15, -0.1) is 0 Å². The molecular formula is C17H29IN2O2. The van der Waals surface area contributed by atoms with Crippen LogP contribution in [0.15, 0.2) is 0 Å². The van der Waals surface area contributed by atoms with E-state index in [4.69, 9.17) is 4.84 Å². The second-order valence-corrected chi connectivity index (χ2v) is 8.79. The van der Waals surface area contributed by atoms with Crippen molar-refractivity contribution in [2.24, 2.45) is 23.7 Å². The topological polar surface area (TPSA) is 32.8 Å². The lowest BCUT2D eigenvalue weighted by Gasteiger charge is -2.52. The first-order chi connectivity index (χ1) is 10.3. The van der Waals surface area contributed by atoms with Gasteiger partial charge in [-0.25, -0.2) is 0 Å². The van der Waals surface area contributed by atoms with Gasteiger partial charge in [0, 0.05) is 23.3 Å². The first kappa shape index (κ1) is 17.0. The molecular weight excluding hydrogens is 391 g/mol. The summed E-state index contributed by atoms with van der Waals surface area (Å²) < 4.78 is 0.970. The van der Waals surface area contributed by atoms with E-state index in [0.29, 0.717) is 23.7 Å². The minimum absolute atomic E-state index is 0.0801. The Morgan fingerprint density at radius 1 is 1.36 bits per heavy atom. The summed E-state index contributed by atoms with van der Waals surface area (Å²) in [5.41, 5.74) is -0.234. The van der Waals surface area contributed by atoms with Gasteiger partial charge in [-0.3, -0.25) is 9.63 Å². The lowest BCUT2D eigenvalue weighted by molar-refractivity contribution is -0.261. The number of carbonyl (C=O) groups is 1. The Balaban J connectivity index is 2.05. The van der Waals surface area contributed by atoms with Crippen LogP contribution in [0.25, 0.3) is 0 Å². The highest BCUT2D eigenvalue weighted by Crippen LogP contribution is 2.54. The van der Waals surface area contributed by atoms with Crippen LogP contribution in [0.4, 0.5) is 0 Å². The number of fused-ring (bicyclic) bond motifs is 2. The van der Waals surface area contributed by atoms with Gasteiger partial charge in [-0.05, 0) is 31.6 Å². The van der Waals surface area contributed by atoms with Crippen LogP contribution in [0, 0.1) is 23.7 Å². The first-order valence-corrected chi connectivity index (χ1v) is 10.2. The van der Waals surface area contributed by atoms with Crippen LogP contribution in [-0.2, 0) is 9.63 Å². The maximum absolute atomic E-state index is 13.1. The van der Waals surface area contributed by atoms with Crippen LogP contribution in [-0.4, -0.2) is 45.2 Å². The van der Waals surface area contributed by atoms with Crippen LogP contribution in [0.5, 0.6) is 0 Å². The van der Waals surface area contributed by atoms with Crippen molar-refractivity contribution in [3.8, 4) is 0 Å². The molecule has 0 aromatic carbocycles. The number of nitrogens with zero attached hydrogens (tertiary/aromatic N) is 2. The van der Waals surface area contributed by atoms with Crippen molar-refractivity contribution in [3.63, 3.8) is 0 Å². The number of rotatable bonds is 2. The van der Waals surface area contributed by atoms with Crippen molar-refractivity contribution < 1.29 is 9.63 Å². The lowest BCUT2D eigenvalue weighted by atomic mass is 9.69. The van der Waals surface area contributed by atoms with Crippen molar-refractivity contribution >= 4 is 28.5 Å². The molecule has 0 radical (unpaired) electrons. The molecule has 1 aliphatic carbocycles. The SMILES string of the molecule is CC(C)[C@@H]1CC[C@@H](C)C[C@@]12N(C)C(=O)[C@@H]1[C@@H](CI)[C@@H](C)ON12. The molecule has 0 aromatic rings. The predicted octanol–water partition coefficient (Wildman–Crippen LogP) is 3.30. The van der Waals surface area contributed by atoms with Crippen molar-refractivity contribution in [2.45, 2.75) is 64.8 Å². The molecule has 1 saturated carbocycles. The fraction of sp³-hybridized carbons (Fsp3) is 0.941. The molecule has 2 aliphatic heterocycles. The fourth-order valence-corrected chi connectivity index (χ4v) is 6.28. The molecule has 22 heavy (non-hydrogen) atoms. The second-order valence-electron chi connectivity index (χ2n) is 7.91. The number of likely N-dealkylation sites (N-methyl/N-ethyl adjacent to an activating group) is 1. The highest BCUT2D eigenvalue weighted by atomic mass is 127. The van der Waals surface area contributed by atoms with E-state index in [1.54, 1.807) is 0 Å². The maximum Gasteiger partial charge on any atom is 0.244 e. The van der Waals surface area contributed by atoms with Crippen molar-refractivity contribution in [1.29, 1.82) is 0 Å². The molecule has 0 bridgehead atoms. The van der Waals surface area contributed by atoms with Crippen molar-refractivity contribution in [2.75, 3.05) is 11.5 Å². The van der Waals surface area contributed by atoms with Gasteiger partial charge in [0.25, 0.3) is 0 Å². The third kappa shape index (κ3) is 2.18. The van der Waals surface area contributed by atoms with Gasteiger partial charge >= 0.3 is 0 Å².